The van der Waals surface area contributed by atoms with Crippen molar-refractivity contribution in [2.45, 2.75) is 103 Å². The molecule has 0 aliphatic rings. The molecular weight excluding hydrogens is 302 g/mol. The fourth-order valence-corrected chi connectivity index (χ4v) is 3.26. The lowest BCUT2D eigenvalue weighted by atomic mass is 10.0. The van der Waals surface area contributed by atoms with E-state index < -0.39 is 0 Å². The number of allylic oxidation sites excluding steroid dienone is 2. The summed E-state index contributed by atoms with van der Waals surface area (Å²) in [6, 6.07) is 8.34. The van der Waals surface area contributed by atoms with Gasteiger partial charge in [0.05, 0.1) is 0 Å². The zero-order valence-electron chi connectivity index (χ0n) is 16.6. The molecule has 0 radical (unpaired) electrons. The number of aryl methyl sites for hydroxylation is 1. The van der Waals surface area contributed by atoms with Gasteiger partial charge in [0, 0.05) is 5.69 Å². The van der Waals surface area contributed by atoms with Crippen LogP contribution in [0.3, 0.4) is 0 Å². The second-order valence-electron chi connectivity index (χ2n) is 7.43. The number of benzene rings is 1. The summed E-state index contributed by atoms with van der Waals surface area (Å²) in [5, 5.41) is 0. The molecule has 1 aromatic rings. The van der Waals surface area contributed by atoms with Crippen molar-refractivity contribution in [2.24, 2.45) is 0 Å². The van der Waals surface area contributed by atoms with Crippen molar-refractivity contribution in [3.8, 4) is 0 Å². The minimum absolute atomic E-state index is 0.866. The third-order valence-electron chi connectivity index (χ3n) is 4.96. The van der Waals surface area contributed by atoms with Gasteiger partial charge in [-0.15, -0.1) is 0 Å². The van der Waals surface area contributed by atoms with E-state index in [9.17, 15) is 0 Å². The van der Waals surface area contributed by atoms with Gasteiger partial charge in [0.15, 0.2) is 0 Å². The fourth-order valence-electron chi connectivity index (χ4n) is 3.26. The van der Waals surface area contributed by atoms with E-state index in [1.54, 1.807) is 0 Å². The molecular formula is C24H41N. The standard InChI is InChI=1S/C24H41N/c1-2-3-4-5-6-7-8-9-10-11-12-13-14-15-16-17-18-23-19-21-24(25)22-20-23/h9-10,19-22H,2-8,11-18,25H2,1H3/b10-9-. The van der Waals surface area contributed by atoms with Crippen LogP contribution in [0.2, 0.25) is 0 Å². The second kappa shape index (κ2) is 16.2. The van der Waals surface area contributed by atoms with Crippen LogP contribution in [-0.2, 0) is 6.42 Å². The Morgan fingerprint density at radius 1 is 0.640 bits per heavy atom. The smallest absolute Gasteiger partial charge is 0.0314 e. The highest BCUT2D eigenvalue weighted by Crippen LogP contribution is 2.13. The summed E-state index contributed by atoms with van der Waals surface area (Å²) >= 11 is 0. The highest BCUT2D eigenvalue weighted by atomic mass is 14.5. The first-order valence-corrected chi connectivity index (χ1v) is 10.8. The van der Waals surface area contributed by atoms with E-state index in [-0.39, 0.29) is 0 Å². The van der Waals surface area contributed by atoms with Crippen LogP contribution in [-0.4, -0.2) is 0 Å². The van der Waals surface area contributed by atoms with Crippen molar-refractivity contribution in [1.29, 1.82) is 0 Å². The van der Waals surface area contributed by atoms with Crippen LogP contribution in [0.15, 0.2) is 36.4 Å². The normalized spacial score (nSPS) is 11.4. The minimum Gasteiger partial charge on any atom is -0.399 e. The van der Waals surface area contributed by atoms with Gasteiger partial charge in [-0.2, -0.15) is 0 Å². The maximum absolute atomic E-state index is 5.71. The third-order valence-corrected chi connectivity index (χ3v) is 4.96. The van der Waals surface area contributed by atoms with Crippen LogP contribution in [0.4, 0.5) is 5.69 Å². The average molecular weight is 344 g/mol. The number of nitrogen functional groups attached to an aromatic ring is 1. The van der Waals surface area contributed by atoms with E-state index in [0.717, 1.165) is 5.69 Å². The molecule has 0 aromatic heterocycles. The van der Waals surface area contributed by atoms with Crippen LogP contribution < -0.4 is 5.73 Å². The van der Waals surface area contributed by atoms with Crippen LogP contribution in [0, 0.1) is 0 Å². The number of hydrogen-bond donors (Lipinski definition) is 1. The molecule has 0 saturated heterocycles. The van der Waals surface area contributed by atoms with Gasteiger partial charge in [0.25, 0.3) is 0 Å². The first kappa shape index (κ1) is 21.8. The second-order valence-corrected chi connectivity index (χ2v) is 7.43. The zero-order valence-corrected chi connectivity index (χ0v) is 16.6. The molecule has 0 aliphatic carbocycles. The Morgan fingerprint density at radius 3 is 1.68 bits per heavy atom. The van der Waals surface area contributed by atoms with Crippen LogP contribution in [0.5, 0.6) is 0 Å². The Kier molecular flexibility index (Phi) is 14.2. The maximum atomic E-state index is 5.71. The lowest BCUT2D eigenvalue weighted by Gasteiger charge is -2.03. The fraction of sp³-hybridized carbons (Fsp3) is 0.667. The Hall–Kier alpha value is -1.24. The lowest BCUT2D eigenvalue weighted by Crippen LogP contribution is -1.88. The Balaban J connectivity index is 1.79. The van der Waals surface area contributed by atoms with Gasteiger partial charge < -0.3 is 5.73 Å². The molecule has 1 aromatic carbocycles. The third kappa shape index (κ3) is 13.7. The Labute approximate surface area is 157 Å². The molecule has 0 bridgehead atoms. The van der Waals surface area contributed by atoms with Crippen molar-refractivity contribution in [2.75, 3.05) is 5.73 Å². The number of anilines is 1. The molecule has 0 saturated carbocycles. The highest BCUT2D eigenvalue weighted by Gasteiger charge is 1.95. The Morgan fingerprint density at radius 2 is 1.12 bits per heavy atom. The van der Waals surface area contributed by atoms with Crippen molar-refractivity contribution in [1.82, 2.24) is 0 Å². The van der Waals surface area contributed by atoms with Gasteiger partial charge in [0.2, 0.25) is 0 Å². The first-order chi connectivity index (χ1) is 12.3. The summed E-state index contributed by atoms with van der Waals surface area (Å²) in [6.07, 6.45) is 25.2. The van der Waals surface area contributed by atoms with Gasteiger partial charge in [-0.25, -0.2) is 0 Å². The van der Waals surface area contributed by atoms with E-state index >= 15 is 0 Å². The summed E-state index contributed by atoms with van der Waals surface area (Å²) in [6.45, 7) is 2.28. The zero-order chi connectivity index (χ0) is 18.0. The van der Waals surface area contributed by atoms with Gasteiger partial charge in [-0.05, 0) is 56.2 Å². The van der Waals surface area contributed by atoms with E-state index in [4.69, 9.17) is 5.73 Å². The molecule has 1 nitrogen and oxygen atoms in total. The molecule has 142 valence electrons. The van der Waals surface area contributed by atoms with E-state index in [0.29, 0.717) is 0 Å². The molecule has 25 heavy (non-hydrogen) atoms. The first-order valence-electron chi connectivity index (χ1n) is 10.8. The van der Waals surface area contributed by atoms with E-state index in [2.05, 4.69) is 31.2 Å². The SMILES string of the molecule is CCCCCCCC/C=C\CCCCCCCCc1ccc(N)cc1. The van der Waals surface area contributed by atoms with Crippen molar-refractivity contribution in [3.05, 3.63) is 42.0 Å². The number of unbranched alkanes of at least 4 members (excludes halogenated alkanes) is 12. The average Bonchev–Trinajstić information content (AvgIpc) is 2.63. The van der Waals surface area contributed by atoms with Gasteiger partial charge in [-0.1, -0.05) is 89.0 Å². The quantitative estimate of drug-likeness (QED) is 0.184. The van der Waals surface area contributed by atoms with Crippen LogP contribution in [0.1, 0.15) is 102 Å². The predicted octanol–water partition coefficient (Wildman–Crippen LogP) is 7.85. The Bertz CT molecular complexity index is 418. The van der Waals surface area contributed by atoms with Crippen molar-refractivity contribution in [3.63, 3.8) is 0 Å². The van der Waals surface area contributed by atoms with Crippen LogP contribution >= 0.6 is 0 Å². The van der Waals surface area contributed by atoms with Gasteiger partial charge in [0.1, 0.15) is 0 Å². The molecule has 1 heteroatoms. The number of nitrogens with two attached hydrogens (primary N) is 1. The highest BCUT2D eigenvalue weighted by molar-refractivity contribution is 5.39. The molecule has 0 fully saturated rings. The topological polar surface area (TPSA) is 26.0 Å². The molecule has 0 atom stereocenters. The predicted molar refractivity (Wildman–Crippen MR) is 114 cm³/mol. The maximum Gasteiger partial charge on any atom is 0.0314 e. The number of rotatable bonds is 16. The van der Waals surface area contributed by atoms with Crippen molar-refractivity contribution < 1.29 is 0 Å². The molecule has 0 amide bonds. The summed E-state index contributed by atoms with van der Waals surface area (Å²) in [4.78, 5) is 0. The summed E-state index contributed by atoms with van der Waals surface area (Å²) in [5.41, 5.74) is 8.00. The number of hydrogen-bond acceptors (Lipinski definition) is 1. The van der Waals surface area contributed by atoms with Gasteiger partial charge in [-0.3, -0.25) is 0 Å². The lowest BCUT2D eigenvalue weighted by molar-refractivity contribution is 0.595. The molecule has 0 aliphatic heterocycles. The monoisotopic (exact) mass is 343 g/mol. The molecule has 2 N–H and O–H groups in total. The molecule has 0 heterocycles. The van der Waals surface area contributed by atoms with Crippen molar-refractivity contribution >= 4 is 5.69 Å². The molecule has 0 unspecified atom stereocenters. The van der Waals surface area contributed by atoms with E-state index in [1.165, 1.54) is 102 Å². The minimum atomic E-state index is 0.866. The summed E-state index contributed by atoms with van der Waals surface area (Å²) in [5.74, 6) is 0. The molecule has 1 rings (SSSR count). The van der Waals surface area contributed by atoms with Gasteiger partial charge >= 0.3 is 0 Å². The van der Waals surface area contributed by atoms with E-state index in [1.807, 2.05) is 12.1 Å². The largest absolute Gasteiger partial charge is 0.399 e. The summed E-state index contributed by atoms with van der Waals surface area (Å²) < 4.78 is 0. The summed E-state index contributed by atoms with van der Waals surface area (Å²) in [7, 11) is 0. The molecule has 0 spiro atoms. The van der Waals surface area contributed by atoms with Crippen LogP contribution in [0.25, 0.3) is 0 Å².